The second kappa shape index (κ2) is 11.2. The van der Waals surface area contributed by atoms with E-state index in [9.17, 15) is 0 Å². The lowest BCUT2D eigenvalue weighted by Gasteiger charge is -1.70. The van der Waals surface area contributed by atoms with Gasteiger partial charge < -0.3 is 11.0 Å². The van der Waals surface area contributed by atoms with Gasteiger partial charge in [0.2, 0.25) is 0 Å². The minimum atomic E-state index is 0. The number of rotatable bonds is 0. The normalized spacial score (nSPS) is 6.86. The van der Waals surface area contributed by atoms with E-state index < -0.39 is 0 Å². The third-order valence-corrected chi connectivity index (χ3v) is 1.13. The van der Waals surface area contributed by atoms with Crippen LogP contribution in [0.2, 0.25) is 0 Å². The summed E-state index contributed by atoms with van der Waals surface area (Å²) in [5.74, 6) is 0. The van der Waals surface area contributed by atoms with Gasteiger partial charge in [0.15, 0.2) is 0 Å². The van der Waals surface area contributed by atoms with E-state index in [4.69, 9.17) is 0 Å². The average molecular weight is 194 g/mol. The predicted molar refractivity (Wildman–Crippen MR) is 55.7 cm³/mol. The zero-order chi connectivity index (χ0) is 8.49. The summed E-state index contributed by atoms with van der Waals surface area (Å²) in [5, 5.41) is 0. The topological polar surface area (TPSA) is 88.8 Å². The maximum atomic E-state index is 3.78. The first-order chi connectivity index (χ1) is 6.00. The molecule has 4 N–H and O–H groups in total. The Bertz CT molecular complexity index is 192. The van der Waals surface area contributed by atoms with Gasteiger partial charge in [0.25, 0.3) is 0 Å². The van der Waals surface area contributed by atoms with Crippen molar-refractivity contribution in [2.24, 2.45) is 0 Å². The highest BCUT2D eigenvalue weighted by Crippen LogP contribution is 1.74. The van der Waals surface area contributed by atoms with Crippen LogP contribution in [0.1, 0.15) is 0 Å². The highest BCUT2D eigenvalue weighted by molar-refractivity contribution is 4.88. The Kier molecular flexibility index (Phi) is 11.8. The van der Waals surface area contributed by atoms with Crippen molar-refractivity contribution < 1.29 is 11.0 Å². The first kappa shape index (κ1) is 14.7. The molecule has 0 spiro atoms. The largest absolute Gasteiger partial charge is 0.412 e. The molecule has 0 fully saturated rings. The number of pyridine rings is 2. The Morgan fingerprint density at radius 1 is 0.429 bits per heavy atom. The second-order valence-electron chi connectivity index (χ2n) is 2.05. The Hall–Kier alpha value is -1.78. The van der Waals surface area contributed by atoms with Gasteiger partial charge in [0.1, 0.15) is 0 Å². The Morgan fingerprint density at radius 3 is 0.786 bits per heavy atom. The number of aromatic nitrogens is 2. The zero-order valence-electron chi connectivity index (χ0n) is 7.67. The first-order valence-corrected chi connectivity index (χ1v) is 3.70. The van der Waals surface area contributed by atoms with E-state index in [2.05, 4.69) is 9.97 Å². The molecule has 0 bridgehead atoms. The third kappa shape index (κ3) is 8.32. The fourth-order valence-electron chi connectivity index (χ4n) is 0.625. The van der Waals surface area contributed by atoms with Gasteiger partial charge in [-0.3, -0.25) is 9.97 Å². The highest BCUT2D eigenvalue weighted by Gasteiger charge is 1.59. The molecule has 0 saturated heterocycles. The molecule has 0 radical (unpaired) electrons. The van der Waals surface area contributed by atoms with Crippen molar-refractivity contribution in [3.05, 3.63) is 61.2 Å². The molecule has 2 rings (SSSR count). The second-order valence-corrected chi connectivity index (χ2v) is 2.05. The Balaban J connectivity index is 0. The van der Waals surface area contributed by atoms with Crippen molar-refractivity contribution in [2.75, 3.05) is 0 Å². The van der Waals surface area contributed by atoms with E-state index in [1.807, 2.05) is 36.4 Å². The molecule has 2 heterocycles. The minimum Gasteiger partial charge on any atom is -0.412 e. The molecule has 0 unspecified atom stereocenters. The van der Waals surface area contributed by atoms with Crippen LogP contribution in [0.25, 0.3) is 0 Å². The van der Waals surface area contributed by atoms with Crippen molar-refractivity contribution in [3.8, 4) is 0 Å². The molecule has 2 aromatic rings. The molecule has 0 amide bonds. The van der Waals surface area contributed by atoms with Gasteiger partial charge in [-0.25, -0.2) is 0 Å². The zero-order valence-corrected chi connectivity index (χ0v) is 7.67. The molecule has 0 aliphatic heterocycles. The van der Waals surface area contributed by atoms with Crippen molar-refractivity contribution in [1.29, 1.82) is 0 Å². The number of nitrogens with zero attached hydrogens (tertiary/aromatic N) is 2. The van der Waals surface area contributed by atoms with Gasteiger partial charge in [0, 0.05) is 24.8 Å². The van der Waals surface area contributed by atoms with Gasteiger partial charge in [0.05, 0.1) is 0 Å². The van der Waals surface area contributed by atoms with Crippen LogP contribution in [0.15, 0.2) is 61.2 Å². The molecular weight excluding hydrogens is 180 g/mol. The van der Waals surface area contributed by atoms with Crippen LogP contribution in [0, 0.1) is 0 Å². The lowest BCUT2D eigenvalue weighted by Crippen LogP contribution is -1.58. The van der Waals surface area contributed by atoms with Crippen LogP contribution in [0.5, 0.6) is 0 Å². The molecule has 14 heavy (non-hydrogen) atoms. The third-order valence-electron chi connectivity index (χ3n) is 1.13. The van der Waals surface area contributed by atoms with Crippen LogP contribution in [0.4, 0.5) is 0 Å². The average Bonchev–Trinajstić information content (AvgIpc) is 2.24. The molecule has 0 atom stereocenters. The fraction of sp³-hybridized carbons (Fsp3) is 0. The monoisotopic (exact) mass is 194 g/mol. The molecule has 4 nitrogen and oxygen atoms in total. The first-order valence-electron chi connectivity index (χ1n) is 3.70. The molecule has 76 valence electrons. The van der Waals surface area contributed by atoms with Crippen molar-refractivity contribution in [2.45, 2.75) is 0 Å². The molecule has 2 aromatic heterocycles. The van der Waals surface area contributed by atoms with Gasteiger partial charge >= 0.3 is 0 Å². The summed E-state index contributed by atoms with van der Waals surface area (Å²) in [6, 6.07) is 11.4. The summed E-state index contributed by atoms with van der Waals surface area (Å²) >= 11 is 0. The van der Waals surface area contributed by atoms with E-state index in [1.165, 1.54) is 0 Å². The highest BCUT2D eigenvalue weighted by atomic mass is 16.0. The summed E-state index contributed by atoms with van der Waals surface area (Å²) in [4.78, 5) is 7.57. The van der Waals surface area contributed by atoms with E-state index in [0.29, 0.717) is 0 Å². The molecule has 0 aromatic carbocycles. The van der Waals surface area contributed by atoms with E-state index in [0.717, 1.165) is 0 Å². The van der Waals surface area contributed by atoms with Gasteiger partial charge in [-0.15, -0.1) is 0 Å². The van der Waals surface area contributed by atoms with E-state index >= 15 is 0 Å². The SMILES string of the molecule is O.O.c1ccncc1.c1ccncc1. The maximum absolute atomic E-state index is 3.78. The predicted octanol–water partition coefficient (Wildman–Crippen LogP) is 0.514. The van der Waals surface area contributed by atoms with E-state index in [-0.39, 0.29) is 11.0 Å². The van der Waals surface area contributed by atoms with Crippen molar-refractivity contribution in [1.82, 2.24) is 9.97 Å². The van der Waals surface area contributed by atoms with Crippen LogP contribution in [-0.4, -0.2) is 20.9 Å². The van der Waals surface area contributed by atoms with Gasteiger partial charge in [-0.05, 0) is 24.3 Å². The summed E-state index contributed by atoms with van der Waals surface area (Å²) in [6.07, 6.45) is 7.00. The van der Waals surface area contributed by atoms with E-state index in [1.54, 1.807) is 24.8 Å². The summed E-state index contributed by atoms with van der Waals surface area (Å²) in [7, 11) is 0. The fourth-order valence-corrected chi connectivity index (χ4v) is 0.625. The quantitative estimate of drug-likeness (QED) is 0.611. The van der Waals surface area contributed by atoms with Gasteiger partial charge in [-0.2, -0.15) is 0 Å². The van der Waals surface area contributed by atoms with Crippen LogP contribution in [-0.2, 0) is 0 Å². The molecule has 0 aliphatic carbocycles. The van der Waals surface area contributed by atoms with Crippen molar-refractivity contribution >= 4 is 0 Å². The number of hydrogen-bond donors (Lipinski definition) is 0. The van der Waals surface area contributed by atoms with Crippen LogP contribution >= 0.6 is 0 Å². The Morgan fingerprint density at radius 2 is 0.714 bits per heavy atom. The molecule has 4 heteroatoms. The van der Waals surface area contributed by atoms with Crippen molar-refractivity contribution in [3.63, 3.8) is 0 Å². The minimum absolute atomic E-state index is 0. The van der Waals surface area contributed by atoms with Crippen LogP contribution in [0.3, 0.4) is 0 Å². The molecular formula is C10H14N2O2. The Labute approximate surface area is 82.9 Å². The summed E-state index contributed by atoms with van der Waals surface area (Å²) in [5.41, 5.74) is 0. The smallest absolute Gasteiger partial charge is 0.0267 e. The summed E-state index contributed by atoms with van der Waals surface area (Å²) in [6.45, 7) is 0. The van der Waals surface area contributed by atoms with Crippen LogP contribution < -0.4 is 0 Å². The lowest BCUT2D eigenvalue weighted by molar-refractivity contribution is 0.823. The number of hydrogen-bond acceptors (Lipinski definition) is 2. The maximum Gasteiger partial charge on any atom is 0.0267 e. The summed E-state index contributed by atoms with van der Waals surface area (Å²) < 4.78 is 0. The lowest BCUT2D eigenvalue weighted by atomic mass is 10.5. The standard InChI is InChI=1S/2C5H5N.2H2O/c2*1-2-4-6-5-3-1;;/h2*1-5H;2*1H2. The molecule has 0 aliphatic rings. The molecule has 0 saturated carbocycles. The van der Waals surface area contributed by atoms with Gasteiger partial charge in [-0.1, -0.05) is 12.1 Å².